The average molecular weight is 251 g/mol. The molecule has 0 aliphatic heterocycles. The highest BCUT2D eigenvalue weighted by Gasteiger charge is 2.35. The molecule has 6 heteroatoms. The number of hydrogen-bond donors (Lipinski definition) is 0. The van der Waals surface area contributed by atoms with Crippen molar-refractivity contribution in [1.82, 2.24) is 0 Å². The Morgan fingerprint density at radius 1 is 1.28 bits per heavy atom. The molecule has 0 atom stereocenters. The van der Waals surface area contributed by atoms with Gasteiger partial charge >= 0.3 is 0 Å². The van der Waals surface area contributed by atoms with Gasteiger partial charge in [0.05, 0.1) is 30.8 Å². The molecule has 1 aliphatic carbocycles. The summed E-state index contributed by atoms with van der Waals surface area (Å²) in [5, 5.41) is 11.0. The number of hydrogen-bond acceptors (Lipinski definition) is 5. The first-order chi connectivity index (χ1) is 8.58. The van der Waals surface area contributed by atoms with Crippen molar-refractivity contribution in [2.45, 2.75) is 12.8 Å². The van der Waals surface area contributed by atoms with E-state index in [0.29, 0.717) is 5.75 Å². The smallest absolute Gasteiger partial charge is 0.284 e. The zero-order valence-corrected chi connectivity index (χ0v) is 10.1. The standard InChI is InChI=1S/C12H13NO5/c1-17-10-5-8(12(14)7-3-4-7)9(13(15)16)6-11(10)18-2/h5-7H,3-4H2,1-2H3. The normalized spacial score (nSPS) is 14.1. The summed E-state index contributed by atoms with van der Waals surface area (Å²) < 4.78 is 10.1. The van der Waals surface area contributed by atoms with E-state index in [1.165, 1.54) is 26.4 Å². The molecule has 0 unspecified atom stereocenters. The van der Waals surface area contributed by atoms with Gasteiger partial charge in [0, 0.05) is 12.0 Å². The second-order valence-corrected chi connectivity index (χ2v) is 4.12. The van der Waals surface area contributed by atoms with Gasteiger partial charge in [0.2, 0.25) is 0 Å². The Bertz CT molecular complexity index is 507. The molecule has 96 valence electrons. The van der Waals surface area contributed by atoms with Gasteiger partial charge < -0.3 is 9.47 Å². The van der Waals surface area contributed by atoms with Gasteiger partial charge in [-0.1, -0.05) is 0 Å². The zero-order valence-electron chi connectivity index (χ0n) is 10.1. The minimum atomic E-state index is -0.572. The predicted molar refractivity (Wildman–Crippen MR) is 63.3 cm³/mol. The number of ketones is 1. The van der Waals surface area contributed by atoms with Crippen molar-refractivity contribution < 1.29 is 19.2 Å². The van der Waals surface area contributed by atoms with Gasteiger partial charge in [-0.05, 0) is 12.8 Å². The molecule has 0 radical (unpaired) electrons. The van der Waals surface area contributed by atoms with Crippen LogP contribution in [0.2, 0.25) is 0 Å². The number of ether oxygens (including phenoxy) is 2. The minimum absolute atomic E-state index is 0.0817. The highest BCUT2D eigenvalue weighted by atomic mass is 16.6. The Labute approximate surface area is 104 Å². The fraction of sp³-hybridized carbons (Fsp3) is 0.417. The van der Waals surface area contributed by atoms with Crippen LogP contribution in [0.3, 0.4) is 0 Å². The van der Waals surface area contributed by atoms with E-state index >= 15 is 0 Å². The molecule has 0 bridgehead atoms. The lowest BCUT2D eigenvalue weighted by molar-refractivity contribution is -0.385. The maximum atomic E-state index is 12.0. The first-order valence-corrected chi connectivity index (χ1v) is 5.53. The van der Waals surface area contributed by atoms with Crippen LogP contribution in [0.25, 0.3) is 0 Å². The molecule has 0 saturated heterocycles. The number of nitro benzene ring substituents is 1. The highest BCUT2D eigenvalue weighted by Crippen LogP contribution is 2.39. The average Bonchev–Trinajstić information content (AvgIpc) is 3.20. The summed E-state index contributed by atoms with van der Waals surface area (Å²) in [6.07, 6.45) is 1.59. The Morgan fingerprint density at radius 3 is 2.28 bits per heavy atom. The summed E-state index contributed by atoms with van der Waals surface area (Å²) in [4.78, 5) is 22.4. The molecule has 1 saturated carbocycles. The monoisotopic (exact) mass is 251 g/mol. The van der Waals surface area contributed by atoms with E-state index in [1.807, 2.05) is 0 Å². The molecule has 18 heavy (non-hydrogen) atoms. The third-order valence-corrected chi connectivity index (χ3v) is 2.91. The summed E-state index contributed by atoms with van der Waals surface area (Å²) in [7, 11) is 2.82. The summed E-state index contributed by atoms with van der Waals surface area (Å²) in [5.41, 5.74) is -0.135. The molecule has 6 nitrogen and oxygen atoms in total. The van der Waals surface area contributed by atoms with Gasteiger partial charge in [0.15, 0.2) is 17.3 Å². The van der Waals surface area contributed by atoms with Gasteiger partial charge in [-0.2, -0.15) is 0 Å². The molecule has 0 heterocycles. The first-order valence-electron chi connectivity index (χ1n) is 5.53. The maximum absolute atomic E-state index is 12.0. The Hall–Kier alpha value is -2.11. The molecule has 2 rings (SSSR count). The van der Waals surface area contributed by atoms with E-state index in [0.717, 1.165) is 12.8 Å². The number of benzene rings is 1. The number of nitro groups is 1. The van der Waals surface area contributed by atoms with Gasteiger partial charge in [-0.15, -0.1) is 0 Å². The number of methoxy groups -OCH3 is 2. The van der Waals surface area contributed by atoms with Gasteiger partial charge in [-0.3, -0.25) is 14.9 Å². The van der Waals surface area contributed by atoms with E-state index in [9.17, 15) is 14.9 Å². The fourth-order valence-electron chi connectivity index (χ4n) is 1.78. The van der Waals surface area contributed by atoms with Crippen molar-refractivity contribution in [2.75, 3.05) is 14.2 Å². The summed E-state index contributed by atoms with van der Waals surface area (Å²) in [6.45, 7) is 0. The zero-order chi connectivity index (χ0) is 13.3. The third kappa shape index (κ3) is 2.13. The second-order valence-electron chi connectivity index (χ2n) is 4.12. The van der Waals surface area contributed by atoms with E-state index < -0.39 is 4.92 Å². The Kier molecular flexibility index (Phi) is 3.18. The summed E-state index contributed by atoms with van der Waals surface area (Å²) in [5.74, 6) is 0.299. The lowest BCUT2D eigenvalue weighted by atomic mass is 10.0. The van der Waals surface area contributed by atoms with Gasteiger partial charge in [0.1, 0.15) is 0 Å². The molecular weight excluding hydrogens is 238 g/mol. The number of carbonyl (C=O) groups is 1. The molecule has 0 spiro atoms. The lowest BCUT2D eigenvalue weighted by Gasteiger charge is -2.09. The van der Waals surface area contributed by atoms with Crippen molar-refractivity contribution in [3.63, 3.8) is 0 Å². The topological polar surface area (TPSA) is 78.7 Å². The SMILES string of the molecule is COc1cc(C(=O)C2CC2)c([N+](=O)[O-])cc1OC. The minimum Gasteiger partial charge on any atom is -0.493 e. The number of Topliss-reactive ketones (excluding diaryl/α,β-unsaturated/α-hetero) is 1. The fourth-order valence-corrected chi connectivity index (χ4v) is 1.78. The molecule has 0 amide bonds. The van der Waals surface area contributed by atoms with Crippen LogP contribution in [0.15, 0.2) is 12.1 Å². The van der Waals surface area contributed by atoms with Gasteiger partial charge in [0.25, 0.3) is 5.69 Å². The number of rotatable bonds is 5. The predicted octanol–water partition coefficient (Wildman–Crippen LogP) is 2.20. The van der Waals surface area contributed by atoms with Crippen molar-refractivity contribution in [1.29, 1.82) is 0 Å². The van der Waals surface area contributed by atoms with E-state index in [1.54, 1.807) is 0 Å². The van der Waals surface area contributed by atoms with Crippen LogP contribution in [0.4, 0.5) is 5.69 Å². The summed E-state index contributed by atoms with van der Waals surface area (Å²) >= 11 is 0. The Balaban J connectivity index is 2.54. The molecule has 0 N–H and O–H groups in total. The van der Waals surface area contributed by atoms with Crippen molar-refractivity contribution >= 4 is 11.5 Å². The van der Waals surface area contributed by atoms with E-state index in [2.05, 4.69) is 0 Å². The van der Waals surface area contributed by atoms with Crippen molar-refractivity contribution in [3.05, 3.63) is 27.8 Å². The molecule has 1 aliphatic rings. The first kappa shape index (κ1) is 12.3. The third-order valence-electron chi connectivity index (χ3n) is 2.91. The molecule has 1 aromatic rings. The number of nitrogens with zero attached hydrogens (tertiary/aromatic N) is 1. The van der Waals surface area contributed by atoms with Crippen LogP contribution in [0.1, 0.15) is 23.2 Å². The Morgan fingerprint density at radius 2 is 1.83 bits per heavy atom. The highest BCUT2D eigenvalue weighted by molar-refractivity contribution is 6.03. The van der Waals surface area contributed by atoms with Crippen LogP contribution in [0.5, 0.6) is 11.5 Å². The van der Waals surface area contributed by atoms with E-state index in [4.69, 9.17) is 9.47 Å². The second kappa shape index (κ2) is 4.64. The van der Waals surface area contributed by atoms with Gasteiger partial charge in [-0.25, -0.2) is 0 Å². The molecule has 1 aromatic carbocycles. The van der Waals surface area contributed by atoms with E-state index in [-0.39, 0.29) is 28.7 Å². The van der Waals surface area contributed by atoms with Crippen molar-refractivity contribution in [2.24, 2.45) is 5.92 Å². The molecular formula is C12H13NO5. The summed E-state index contributed by atoms with van der Waals surface area (Å²) in [6, 6.07) is 2.62. The van der Waals surface area contributed by atoms with Crippen LogP contribution in [-0.2, 0) is 0 Å². The van der Waals surface area contributed by atoms with Crippen LogP contribution in [-0.4, -0.2) is 24.9 Å². The molecule has 0 aromatic heterocycles. The van der Waals surface area contributed by atoms with Crippen LogP contribution < -0.4 is 9.47 Å². The maximum Gasteiger partial charge on any atom is 0.284 e. The quantitative estimate of drug-likeness (QED) is 0.455. The van der Waals surface area contributed by atoms with Crippen LogP contribution >= 0.6 is 0 Å². The lowest BCUT2D eigenvalue weighted by Crippen LogP contribution is -2.07. The van der Waals surface area contributed by atoms with Crippen molar-refractivity contribution in [3.8, 4) is 11.5 Å². The molecule has 1 fully saturated rings. The number of carbonyl (C=O) groups excluding carboxylic acids is 1. The van der Waals surface area contributed by atoms with Crippen LogP contribution in [0, 0.1) is 16.0 Å². The largest absolute Gasteiger partial charge is 0.493 e.